The molecule has 0 aliphatic heterocycles. The minimum Gasteiger partial charge on any atom is -0.480 e. The van der Waals surface area contributed by atoms with Crippen molar-refractivity contribution in [2.45, 2.75) is 18.9 Å². The maximum atomic E-state index is 11.1. The van der Waals surface area contributed by atoms with Crippen LogP contribution in [0.5, 0.6) is 0 Å². The van der Waals surface area contributed by atoms with E-state index in [9.17, 15) is 9.59 Å². The van der Waals surface area contributed by atoms with Crippen LogP contribution in [0.4, 0.5) is 0 Å². The van der Waals surface area contributed by atoms with E-state index in [1.807, 2.05) is 6.26 Å². The summed E-state index contributed by atoms with van der Waals surface area (Å²) in [5.74, 6) is -0.353. The first-order valence-electron chi connectivity index (χ1n) is 4.32. The van der Waals surface area contributed by atoms with Gasteiger partial charge in [-0.15, -0.1) is 0 Å². The summed E-state index contributed by atoms with van der Waals surface area (Å²) in [5.41, 5.74) is 5.24. The van der Waals surface area contributed by atoms with E-state index in [1.165, 1.54) is 0 Å². The summed E-state index contributed by atoms with van der Waals surface area (Å²) in [6.07, 6.45) is 2.30. The molecule has 82 valence electrons. The SMILES string of the molecule is CSCCNC(=O)CCC(N)C(=O)O. The lowest BCUT2D eigenvalue weighted by molar-refractivity contribution is -0.138. The lowest BCUT2D eigenvalue weighted by atomic mass is 10.1. The lowest BCUT2D eigenvalue weighted by Crippen LogP contribution is -2.33. The van der Waals surface area contributed by atoms with Crippen LogP contribution in [0.15, 0.2) is 0 Å². The normalized spacial score (nSPS) is 12.1. The van der Waals surface area contributed by atoms with Gasteiger partial charge in [-0.25, -0.2) is 0 Å². The van der Waals surface area contributed by atoms with Crippen LogP contribution in [0.2, 0.25) is 0 Å². The van der Waals surface area contributed by atoms with Crippen LogP contribution in [-0.2, 0) is 9.59 Å². The molecule has 0 aromatic carbocycles. The van der Waals surface area contributed by atoms with Gasteiger partial charge in [-0.1, -0.05) is 0 Å². The van der Waals surface area contributed by atoms with Crippen molar-refractivity contribution in [2.24, 2.45) is 5.73 Å². The summed E-state index contributed by atoms with van der Waals surface area (Å²) in [7, 11) is 0. The third kappa shape index (κ3) is 6.73. The standard InChI is InChI=1S/C8H16N2O3S/c1-14-5-4-10-7(11)3-2-6(9)8(12)13/h6H,2-5,9H2,1H3,(H,10,11)(H,12,13). The van der Waals surface area contributed by atoms with Gasteiger partial charge in [-0.3, -0.25) is 9.59 Å². The van der Waals surface area contributed by atoms with Crippen molar-refractivity contribution in [1.82, 2.24) is 5.32 Å². The number of amides is 1. The summed E-state index contributed by atoms with van der Waals surface area (Å²) < 4.78 is 0. The largest absolute Gasteiger partial charge is 0.480 e. The average Bonchev–Trinajstić information content (AvgIpc) is 2.14. The van der Waals surface area contributed by atoms with Gasteiger partial charge in [0.1, 0.15) is 6.04 Å². The highest BCUT2D eigenvalue weighted by molar-refractivity contribution is 7.98. The van der Waals surface area contributed by atoms with E-state index in [1.54, 1.807) is 11.8 Å². The number of rotatable bonds is 7. The van der Waals surface area contributed by atoms with Gasteiger partial charge in [0.15, 0.2) is 0 Å². The van der Waals surface area contributed by atoms with Crippen LogP contribution in [0.25, 0.3) is 0 Å². The highest BCUT2D eigenvalue weighted by atomic mass is 32.2. The lowest BCUT2D eigenvalue weighted by Gasteiger charge is -2.06. The van der Waals surface area contributed by atoms with E-state index in [4.69, 9.17) is 10.8 Å². The van der Waals surface area contributed by atoms with Crippen molar-refractivity contribution in [3.63, 3.8) is 0 Å². The predicted molar refractivity (Wildman–Crippen MR) is 56.2 cm³/mol. The molecule has 1 unspecified atom stereocenters. The highest BCUT2D eigenvalue weighted by Crippen LogP contribution is 1.95. The minimum atomic E-state index is -1.07. The van der Waals surface area contributed by atoms with E-state index in [0.717, 1.165) is 5.75 Å². The van der Waals surface area contributed by atoms with Crippen molar-refractivity contribution >= 4 is 23.6 Å². The number of aliphatic carboxylic acids is 1. The van der Waals surface area contributed by atoms with Crippen LogP contribution in [-0.4, -0.2) is 41.6 Å². The van der Waals surface area contributed by atoms with Gasteiger partial charge in [0.2, 0.25) is 5.91 Å². The van der Waals surface area contributed by atoms with Crippen LogP contribution >= 0.6 is 11.8 Å². The zero-order valence-electron chi connectivity index (χ0n) is 8.16. The second-order valence-electron chi connectivity index (χ2n) is 2.83. The van der Waals surface area contributed by atoms with Crippen molar-refractivity contribution in [3.05, 3.63) is 0 Å². The zero-order valence-corrected chi connectivity index (χ0v) is 8.97. The Kier molecular flexibility index (Phi) is 7.23. The molecule has 4 N–H and O–H groups in total. The maximum absolute atomic E-state index is 11.1. The van der Waals surface area contributed by atoms with Gasteiger partial charge >= 0.3 is 5.97 Å². The summed E-state index contributed by atoms with van der Waals surface area (Å²) >= 11 is 1.64. The summed E-state index contributed by atoms with van der Waals surface area (Å²) in [6.45, 7) is 0.613. The second-order valence-corrected chi connectivity index (χ2v) is 3.81. The van der Waals surface area contributed by atoms with E-state index in [0.29, 0.717) is 6.54 Å². The Labute approximate surface area is 87.4 Å². The first-order chi connectivity index (χ1) is 6.57. The Morgan fingerprint density at radius 1 is 1.57 bits per heavy atom. The molecule has 0 fully saturated rings. The molecule has 0 saturated carbocycles. The molecule has 0 rings (SSSR count). The van der Waals surface area contributed by atoms with Crippen LogP contribution in [0.3, 0.4) is 0 Å². The van der Waals surface area contributed by atoms with Crippen LogP contribution in [0.1, 0.15) is 12.8 Å². The Balaban J connectivity index is 3.48. The van der Waals surface area contributed by atoms with Gasteiger partial charge in [0.25, 0.3) is 0 Å². The number of nitrogens with one attached hydrogen (secondary N) is 1. The highest BCUT2D eigenvalue weighted by Gasteiger charge is 2.12. The molecule has 0 aliphatic rings. The fraction of sp³-hybridized carbons (Fsp3) is 0.750. The van der Waals surface area contributed by atoms with E-state index < -0.39 is 12.0 Å². The number of carbonyl (C=O) groups excluding carboxylic acids is 1. The summed E-state index contributed by atoms with van der Waals surface area (Å²) in [6, 6.07) is -0.943. The number of hydrogen-bond donors (Lipinski definition) is 3. The van der Waals surface area contributed by atoms with Gasteiger partial charge < -0.3 is 16.2 Å². The number of carboxylic acids is 1. The number of hydrogen-bond acceptors (Lipinski definition) is 4. The molecule has 0 saturated heterocycles. The van der Waals surface area contributed by atoms with Gasteiger partial charge in [-0.2, -0.15) is 11.8 Å². The monoisotopic (exact) mass is 220 g/mol. The molecule has 0 aromatic heterocycles. The molecule has 1 amide bonds. The molecule has 0 spiro atoms. The Bertz CT molecular complexity index is 199. The third-order valence-electron chi connectivity index (χ3n) is 1.63. The summed E-state index contributed by atoms with van der Waals surface area (Å²) in [5, 5.41) is 11.1. The molecule has 14 heavy (non-hydrogen) atoms. The number of nitrogens with two attached hydrogens (primary N) is 1. The van der Waals surface area contributed by atoms with Crippen molar-refractivity contribution in [2.75, 3.05) is 18.6 Å². The Morgan fingerprint density at radius 2 is 2.21 bits per heavy atom. The number of thioether (sulfide) groups is 1. The third-order valence-corrected chi connectivity index (χ3v) is 2.24. The molecule has 0 bridgehead atoms. The number of carbonyl (C=O) groups is 2. The Hall–Kier alpha value is -0.750. The molecule has 5 nitrogen and oxygen atoms in total. The van der Waals surface area contributed by atoms with Crippen molar-refractivity contribution < 1.29 is 14.7 Å². The smallest absolute Gasteiger partial charge is 0.320 e. The van der Waals surface area contributed by atoms with E-state index in [-0.39, 0.29) is 18.7 Å². The van der Waals surface area contributed by atoms with Crippen molar-refractivity contribution in [1.29, 1.82) is 0 Å². The molecule has 0 aromatic rings. The zero-order chi connectivity index (χ0) is 11.0. The molecular formula is C8H16N2O3S. The molecule has 0 radical (unpaired) electrons. The first kappa shape index (κ1) is 13.2. The van der Waals surface area contributed by atoms with Crippen LogP contribution < -0.4 is 11.1 Å². The van der Waals surface area contributed by atoms with Gasteiger partial charge in [-0.05, 0) is 12.7 Å². The number of carboxylic acid groups (broad SMARTS) is 1. The molecule has 0 aliphatic carbocycles. The maximum Gasteiger partial charge on any atom is 0.320 e. The topological polar surface area (TPSA) is 92.4 Å². The average molecular weight is 220 g/mol. The molecular weight excluding hydrogens is 204 g/mol. The minimum absolute atomic E-state index is 0.143. The second kappa shape index (κ2) is 7.64. The first-order valence-corrected chi connectivity index (χ1v) is 5.71. The van der Waals surface area contributed by atoms with Crippen molar-refractivity contribution in [3.8, 4) is 0 Å². The summed E-state index contributed by atoms with van der Waals surface area (Å²) in [4.78, 5) is 21.4. The van der Waals surface area contributed by atoms with Gasteiger partial charge in [0, 0.05) is 18.7 Å². The predicted octanol–water partition coefficient (Wildman–Crippen LogP) is -0.342. The van der Waals surface area contributed by atoms with E-state index >= 15 is 0 Å². The van der Waals surface area contributed by atoms with Gasteiger partial charge in [0.05, 0.1) is 0 Å². The fourth-order valence-corrected chi connectivity index (χ4v) is 1.10. The van der Waals surface area contributed by atoms with Crippen LogP contribution in [0, 0.1) is 0 Å². The quantitative estimate of drug-likeness (QED) is 0.510. The van der Waals surface area contributed by atoms with E-state index in [2.05, 4.69) is 5.32 Å². The Morgan fingerprint density at radius 3 is 2.71 bits per heavy atom. The fourth-order valence-electron chi connectivity index (χ4n) is 0.791. The molecule has 1 atom stereocenters. The molecule has 6 heteroatoms. The molecule has 0 heterocycles.